The third-order valence-corrected chi connectivity index (χ3v) is 3.82. The third-order valence-electron chi connectivity index (χ3n) is 3.00. The van der Waals surface area contributed by atoms with Crippen LogP contribution in [0.2, 0.25) is 10.0 Å². The second-order valence-corrected chi connectivity index (χ2v) is 5.83. The van der Waals surface area contributed by atoms with Gasteiger partial charge in [0.25, 0.3) is 0 Å². The quantitative estimate of drug-likeness (QED) is 0.649. The second kappa shape index (κ2) is 8.46. The highest BCUT2D eigenvalue weighted by Crippen LogP contribution is 2.30. The number of benzene rings is 2. The summed E-state index contributed by atoms with van der Waals surface area (Å²) in [4.78, 5) is 12.0. The number of hydrogen-bond donors (Lipinski definition) is 2. The van der Waals surface area contributed by atoms with Gasteiger partial charge in [0.1, 0.15) is 11.6 Å². The van der Waals surface area contributed by atoms with Gasteiger partial charge in [-0.15, -0.1) is 0 Å². The van der Waals surface area contributed by atoms with Gasteiger partial charge < -0.3 is 15.4 Å². The zero-order valence-corrected chi connectivity index (χ0v) is 14.5. The van der Waals surface area contributed by atoms with Gasteiger partial charge in [-0.05, 0) is 24.3 Å². The molecule has 2 N–H and O–H groups in total. The standard InChI is InChI=1S/C16H12Cl2F4N2O2/c17-10-2-1-3-11(15(10)18)24-14(25)7-23-12-6-9(19)4-5-13(12)26-8-16(20,21)22/h1-6,23H,7-8H2,(H,24,25). The Hall–Kier alpha value is -2.19. The zero-order valence-electron chi connectivity index (χ0n) is 13.0. The first-order chi connectivity index (χ1) is 12.2. The molecule has 140 valence electrons. The summed E-state index contributed by atoms with van der Waals surface area (Å²) in [6.45, 7) is -1.91. The Morgan fingerprint density at radius 2 is 1.85 bits per heavy atom. The average Bonchev–Trinajstić information content (AvgIpc) is 2.55. The van der Waals surface area contributed by atoms with E-state index in [4.69, 9.17) is 23.2 Å². The number of ether oxygens (including phenoxy) is 1. The summed E-state index contributed by atoms with van der Waals surface area (Å²) in [6.07, 6.45) is -4.55. The topological polar surface area (TPSA) is 50.4 Å². The maximum Gasteiger partial charge on any atom is 0.422 e. The van der Waals surface area contributed by atoms with E-state index in [-0.39, 0.29) is 33.7 Å². The summed E-state index contributed by atoms with van der Waals surface area (Å²) in [6, 6.07) is 7.54. The summed E-state index contributed by atoms with van der Waals surface area (Å²) in [7, 11) is 0. The van der Waals surface area contributed by atoms with Crippen molar-refractivity contribution in [3.05, 3.63) is 52.3 Å². The number of nitrogens with one attached hydrogen (secondary N) is 2. The molecule has 0 saturated carbocycles. The first kappa shape index (κ1) is 20.1. The SMILES string of the molecule is O=C(CNc1cc(F)ccc1OCC(F)(F)F)Nc1cccc(Cl)c1Cl. The van der Waals surface area contributed by atoms with Crippen LogP contribution < -0.4 is 15.4 Å². The van der Waals surface area contributed by atoms with Crippen molar-refractivity contribution in [2.24, 2.45) is 0 Å². The van der Waals surface area contributed by atoms with Gasteiger partial charge in [-0.1, -0.05) is 29.3 Å². The molecule has 0 atom stereocenters. The number of anilines is 2. The largest absolute Gasteiger partial charge is 0.482 e. The molecule has 1 amide bonds. The Labute approximate surface area is 156 Å². The molecule has 0 fully saturated rings. The molecule has 0 aliphatic carbocycles. The van der Waals surface area contributed by atoms with E-state index in [0.29, 0.717) is 0 Å². The molecule has 0 radical (unpaired) electrons. The monoisotopic (exact) mass is 410 g/mol. The Bertz CT molecular complexity index is 800. The van der Waals surface area contributed by atoms with Crippen LogP contribution in [0.5, 0.6) is 5.75 Å². The summed E-state index contributed by atoms with van der Waals surface area (Å²) in [5, 5.41) is 5.39. The molecule has 26 heavy (non-hydrogen) atoms. The van der Waals surface area contributed by atoms with Crippen LogP contribution in [0.25, 0.3) is 0 Å². The van der Waals surface area contributed by atoms with Crippen LogP contribution in [0.3, 0.4) is 0 Å². The van der Waals surface area contributed by atoms with E-state index < -0.39 is 24.5 Å². The van der Waals surface area contributed by atoms with Crippen LogP contribution in [0, 0.1) is 5.82 Å². The molecule has 0 bridgehead atoms. The van der Waals surface area contributed by atoms with Gasteiger partial charge in [-0.25, -0.2) is 4.39 Å². The van der Waals surface area contributed by atoms with Crippen LogP contribution in [0.1, 0.15) is 0 Å². The van der Waals surface area contributed by atoms with Crippen molar-refractivity contribution in [2.45, 2.75) is 6.18 Å². The Balaban J connectivity index is 2.02. The first-order valence-corrected chi connectivity index (χ1v) is 7.88. The predicted octanol–water partition coefficient (Wildman–Crippen LogP) is 5.12. The highest BCUT2D eigenvalue weighted by atomic mass is 35.5. The van der Waals surface area contributed by atoms with Crippen LogP contribution in [-0.2, 0) is 4.79 Å². The maximum atomic E-state index is 13.3. The molecule has 2 aromatic rings. The summed E-state index contributed by atoms with van der Waals surface area (Å²) in [5.74, 6) is -1.51. The van der Waals surface area contributed by atoms with E-state index in [2.05, 4.69) is 15.4 Å². The molecule has 10 heteroatoms. The van der Waals surface area contributed by atoms with Crippen LogP contribution in [0.4, 0.5) is 28.9 Å². The Morgan fingerprint density at radius 3 is 2.54 bits per heavy atom. The van der Waals surface area contributed by atoms with Crippen molar-refractivity contribution in [3.8, 4) is 5.75 Å². The molecular formula is C16H12Cl2F4N2O2. The van der Waals surface area contributed by atoms with Gasteiger partial charge in [0.05, 0.1) is 28.0 Å². The smallest absolute Gasteiger partial charge is 0.422 e. The molecule has 0 saturated heterocycles. The molecule has 0 aliphatic rings. The van der Waals surface area contributed by atoms with Crippen LogP contribution in [0.15, 0.2) is 36.4 Å². The van der Waals surface area contributed by atoms with Crippen molar-refractivity contribution in [2.75, 3.05) is 23.8 Å². The second-order valence-electron chi connectivity index (χ2n) is 5.05. The lowest BCUT2D eigenvalue weighted by Crippen LogP contribution is -2.23. The molecular weight excluding hydrogens is 399 g/mol. The molecule has 4 nitrogen and oxygen atoms in total. The predicted molar refractivity (Wildman–Crippen MR) is 91.5 cm³/mol. The molecule has 2 rings (SSSR count). The first-order valence-electron chi connectivity index (χ1n) is 7.12. The van der Waals surface area contributed by atoms with E-state index in [0.717, 1.165) is 18.2 Å². The minimum Gasteiger partial charge on any atom is -0.482 e. The van der Waals surface area contributed by atoms with E-state index in [1.165, 1.54) is 12.1 Å². The van der Waals surface area contributed by atoms with Crippen molar-refractivity contribution in [3.63, 3.8) is 0 Å². The van der Waals surface area contributed by atoms with E-state index in [1.54, 1.807) is 6.07 Å². The van der Waals surface area contributed by atoms with Gasteiger partial charge in [-0.3, -0.25) is 4.79 Å². The summed E-state index contributed by atoms with van der Waals surface area (Å²) in [5.41, 5.74) is 0.167. The molecule has 2 aromatic carbocycles. The zero-order chi connectivity index (χ0) is 19.3. The highest BCUT2D eigenvalue weighted by molar-refractivity contribution is 6.44. The molecule has 0 aliphatic heterocycles. The van der Waals surface area contributed by atoms with E-state index in [1.807, 2.05) is 0 Å². The van der Waals surface area contributed by atoms with Crippen molar-refractivity contribution >= 4 is 40.5 Å². The van der Waals surface area contributed by atoms with Crippen LogP contribution >= 0.6 is 23.2 Å². The number of amides is 1. The van der Waals surface area contributed by atoms with E-state index >= 15 is 0 Å². The molecule has 0 aromatic heterocycles. The number of halogens is 6. The number of carbonyl (C=O) groups excluding carboxylic acids is 1. The van der Waals surface area contributed by atoms with Gasteiger partial charge in [-0.2, -0.15) is 13.2 Å². The third kappa shape index (κ3) is 5.96. The highest BCUT2D eigenvalue weighted by Gasteiger charge is 2.29. The Kier molecular flexibility index (Phi) is 6.55. The summed E-state index contributed by atoms with van der Waals surface area (Å²) < 4.78 is 54.8. The number of carbonyl (C=O) groups is 1. The van der Waals surface area contributed by atoms with Crippen molar-refractivity contribution in [1.82, 2.24) is 0 Å². The fourth-order valence-electron chi connectivity index (χ4n) is 1.90. The van der Waals surface area contributed by atoms with Gasteiger partial charge in [0.15, 0.2) is 6.61 Å². The van der Waals surface area contributed by atoms with Crippen LogP contribution in [-0.4, -0.2) is 25.2 Å². The number of rotatable bonds is 6. The van der Waals surface area contributed by atoms with Gasteiger partial charge >= 0.3 is 6.18 Å². The molecule has 0 unspecified atom stereocenters. The normalized spacial score (nSPS) is 11.2. The summed E-state index contributed by atoms with van der Waals surface area (Å²) >= 11 is 11.8. The van der Waals surface area contributed by atoms with Gasteiger partial charge in [0, 0.05) is 6.07 Å². The van der Waals surface area contributed by atoms with E-state index in [9.17, 15) is 22.4 Å². The minimum absolute atomic E-state index is 0.0957. The average molecular weight is 411 g/mol. The molecule has 0 spiro atoms. The number of hydrogen-bond acceptors (Lipinski definition) is 3. The fraction of sp³-hybridized carbons (Fsp3) is 0.188. The molecule has 0 heterocycles. The number of alkyl halides is 3. The lowest BCUT2D eigenvalue weighted by atomic mass is 10.2. The lowest BCUT2D eigenvalue weighted by Gasteiger charge is -2.15. The lowest BCUT2D eigenvalue weighted by molar-refractivity contribution is -0.153. The van der Waals surface area contributed by atoms with Crippen molar-refractivity contribution in [1.29, 1.82) is 0 Å². The van der Waals surface area contributed by atoms with Crippen molar-refractivity contribution < 1.29 is 27.1 Å². The fourth-order valence-corrected chi connectivity index (χ4v) is 2.24. The minimum atomic E-state index is -4.55. The maximum absolute atomic E-state index is 13.3. The van der Waals surface area contributed by atoms with Gasteiger partial charge in [0.2, 0.25) is 5.91 Å². The Morgan fingerprint density at radius 1 is 1.12 bits per heavy atom.